The number of alkyl halides is 3. The van der Waals surface area contributed by atoms with Crippen LogP contribution in [0, 0.1) is 0 Å². The molecule has 2 aromatic carbocycles. The number of carbonyl (C=O) groups excluding carboxylic acids is 1. The lowest BCUT2D eigenvalue weighted by Gasteiger charge is -2.26. The molecule has 5 heteroatoms. The molecule has 0 unspecified atom stereocenters. The lowest BCUT2D eigenvalue weighted by molar-refractivity contribution is 0.0937. The van der Waals surface area contributed by atoms with Gasteiger partial charge in [-0.2, -0.15) is 0 Å². The number of hydrogen-bond donors (Lipinski definition) is 1. The molecule has 20 heavy (non-hydrogen) atoms. The maximum atomic E-state index is 12.2. The molecule has 0 heterocycles. The van der Waals surface area contributed by atoms with Crippen LogP contribution in [0.25, 0.3) is 0 Å². The van der Waals surface area contributed by atoms with Crippen LogP contribution in [0.2, 0.25) is 0 Å². The Morgan fingerprint density at radius 2 is 1.40 bits per heavy atom. The van der Waals surface area contributed by atoms with Crippen LogP contribution in [0.5, 0.6) is 0 Å². The van der Waals surface area contributed by atoms with Gasteiger partial charge in [0.1, 0.15) is 6.04 Å². The molecule has 2 rings (SSSR count). The van der Waals surface area contributed by atoms with E-state index < -0.39 is 9.83 Å². The van der Waals surface area contributed by atoms with Crippen molar-refractivity contribution in [3.05, 3.63) is 71.8 Å². The number of amides is 1. The van der Waals surface area contributed by atoms with Gasteiger partial charge in [-0.25, -0.2) is 0 Å². The SMILES string of the molecule is O=C(N[C@@H](c1ccccc1)C(Cl)(Cl)Cl)c1ccccc1. The second-order valence-corrected chi connectivity index (χ2v) is 6.59. The van der Waals surface area contributed by atoms with E-state index in [0.717, 1.165) is 5.56 Å². The minimum absolute atomic E-state index is 0.286. The second kappa shape index (κ2) is 6.49. The first kappa shape index (κ1) is 15.2. The molecule has 2 aromatic rings. The van der Waals surface area contributed by atoms with Crippen molar-refractivity contribution < 1.29 is 4.79 Å². The number of nitrogens with one attached hydrogen (secondary N) is 1. The summed E-state index contributed by atoms with van der Waals surface area (Å²) in [4.78, 5) is 12.2. The highest BCUT2D eigenvalue weighted by molar-refractivity contribution is 6.68. The summed E-state index contributed by atoms with van der Waals surface area (Å²) in [6.07, 6.45) is 0. The summed E-state index contributed by atoms with van der Waals surface area (Å²) < 4.78 is -1.63. The van der Waals surface area contributed by atoms with Gasteiger partial charge in [0.15, 0.2) is 0 Å². The Morgan fingerprint density at radius 3 is 1.90 bits per heavy atom. The molecule has 0 aliphatic heterocycles. The Bertz CT molecular complexity index is 567. The van der Waals surface area contributed by atoms with Gasteiger partial charge in [0.05, 0.1) is 0 Å². The van der Waals surface area contributed by atoms with E-state index in [1.54, 1.807) is 36.4 Å². The van der Waals surface area contributed by atoms with Crippen molar-refractivity contribution >= 4 is 40.7 Å². The second-order valence-electron chi connectivity index (χ2n) is 4.22. The largest absolute Gasteiger partial charge is 0.341 e. The van der Waals surface area contributed by atoms with E-state index in [-0.39, 0.29) is 5.91 Å². The molecule has 1 atom stereocenters. The predicted octanol–water partition coefficient (Wildman–Crippen LogP) is 4.53. The fourth-order valence-corrected chi connectivity index (χ4v) is 2.35. The first-order chi connectivity index (χ1) is 9.48. The molecule has 0 saturated carbocycles. The molecule has 0 saturated heterocycles. The van der Waals surface area contributed by atoms with E-state index >= 15 is 0 Å². The molecule has 1 amide bonds. The van der Waals surface area contributed by atoms with E-state index in [1.165, 1.54) is 0 Å². The van der Waals surface area contributed by atoms with Crippen molar-refractivity contribution in [2.24, 2.45) is 0 Å². The zero-order valence-corrected chi connectivity index (χ0v) is 12.7. The average Bonchev–Trinajstić information content (AvgIpc) is 2.45. The summed E-state index contributed by atoms with van der Waals surface area (Å²) in [6, 6.07) is 17.2. The van der Waals surface area contributed by atoms with Gasteiger partial charge < -0.3 is 5.32 Å². The minimum atomic E-state index is -1.63. The third kappa shape index (κ3) is 3.89. The number of rotatable bonds is 3. The number of halogens is 3. The number of hydrogen-bond acceptors (Lipinski definition) is 1. The summed E-state index contributed by atoms with van der Waals surface area (Å²) in [5, 5.41) is 2.75. The minimum Gasteiger partial charge on any atom is -0.341 e. The van der Waals surface area contributed by atoms with E-state index in [4.69, 9.17) is 34.8 Å². The Morgan fingerprint density at radius 1 is 0.900 bits per heavy atom. The molecule has 104 valence electrons. The zero-order valence-electron chi connectivity index (χ0n) is 10.4. The lowest BCUT2D eigenvalue weighted by atomic mass is 10.1. The first-order valence-electron chi connectivity index (χ1n) is 5.96. The smallest absolute Gasteiger partial charge is 0.251 e. The molecule has 0 fully saturated rings. The molecule has 0 radical (unpaired) electrons. The molecule has 0 bridgehead atoms. The standard InChI is InChI=1S/C15H12Cl3NO/c16-15(17,18)13(11-7-3-1-4-8-11)19-14(20)12-9-5-2-6-10-12/h1-10,13H,(H,19,20)/t13-/m0/s1. The van der Waals surface area contributed by atoms with E-state index in [0.29, 0.717) is 5.56 Å². The molecular weight excluding hydrogens is 317 g/mol. The molecule has 0 aromatic heterocycles. The van der Waals surface area contributed by atoms with Gasteiger partial charge in [-0.1, -0.05) is 83.3 Å². The highest BCUT2D eigenvalue weighted by atomic mass is 35.6. The molecule has 0 spiro atoms. The quantitative estimate of drug-likeness (QED) is 0.824. The van der Waals surface area contributed by atoms with Gasteiger partial charge in [-0.05, 0) is 17.7 Å². The van der Waals surface area contributed by atoms with Crippen LogP contribution in [0.15, 0.2) is 60.7 Å². The monoisotopic (exact) mass is 327 g/mol. The van der Waals surface area contributed by atoms with Crippen LogP contribution in [-0.4, -0.2) is 9.70 Å². The molecule has 0 aliphatic rings. The summed E-state index contributed by atoms with van der Waals surface area (Å²) in [5.41, 5.74) is 1.25. The molecule has 2 nitrogen and oxygen atoms in total. The van der Waals surface area contributed by atoms with Crippen LogP contribution in [0.1, 0.15) is 22.0 Å². The van der Waals surface area contributed by atoms with Crippen molar-refractivity contribution in [3.63, 3.8) is 0 Å². The van der Waals surface area contributed by atoms with Crippen LogP contribution < -0.4 is 5.32 Å². The van der Waals surface area contributed by atoms with Crippen molar-refractivity contribution in [1.82, 2.24) is 5.32 Å². The summed E-state index contributed by atoms with van der Waals surface area (Å²) in [6.45, 7) is 0. The summed E-state index contributed by atoms with van der Waals surface area (Å²) >= 11 is 17.9. The van der Waals surface area contributed by atoms with Crippen molar-refractivity contribution in [1.29, 1.82) is 0 Å². The van der Waals surface area contributed by atoms with Gasteiger partial charge in [0.2, 0.25) is 3.79 Å². The Labute approximate surface area is 132 Å². The third-order valence-corrected chi connectivity index (χ3v) is 3.43. The highest BCUT2D eigenvalue weighted by Crippen LogP contribution is 2.39. The number of carbonyl (C=O) groups is 1. The topological polar surface area (TPSA) is 29.1 Å². The highest BCUT2D eigenvalue weighted by Gasteiger charge is 2.35. The van der Waals surface area contributed by atoms with Crippen LogP contribution >= 0.6 is 34.8 Å². The maximum Gasteiger partial charge on any atom is 0.251 e. The third-order valence-electron chi connectivity index (χ3n) is 2.77. The van der Waals surface area contributed by atoms with Gasteiger partial charge in [0, 0.05) is 5.56 Å². The van der Waals surface area contributed by atoms with Crippen molar-refractivity contribution in [2.45, 2.75) is 9.83 Å². The Balaban J connectivity index is 2.24. The molecule has 1 N–H and O–H groups in total. The zero-order chi connectivity index (χ0) is 14.6. The van der Waals surface area contributed by atoms with Gasteiger partial charge >= 0.3 is 0 Å². The van der Waals surface area contributed by atoms with Crippen LogP contribution in [0.4, 0.5) is 0 Å². The van der Waals surface area contributed by atoms with Gasteiger partial charge in [-0.3, -0.25) is 4.79 Å². The Kier molecular flexibility index (Phi) is 4.92. The average molecular weight is 329 g/mol. The van der Waals surface area contributed by atoms with Crippen molar-refractivity contribution in [2.75, 3.05) is 0 Å². The van der Waals surface area contributed by atoms with Crippen LogP contribution in [-0.2, 0) is 0 Å². The van der Waals surface area contributed by atoms with Gasteiger partial charge in [0.25, 0.3) is 5.91 Å². The maximum absolute atomic E-state index is 12.2. The number of benzene rings is 2. The van der Waals surface area contributed by atoms with E-state index in [9.17, 15) is 4.79 Å². The van der Waals surface area contributed by atoms with Gasteiger partial charge in [-0.15, -0.1) is 0 Å². The summed E-state index contributed by atoms with van der Waals surface area (Å²) in [5.74, 6) is -0.286. The fraction of sp³-hybridized carbons (Fsp3) is 0.133. The Hall–Kier alpha value is -1.22. The molecule has 0 aliphatic carbocycles. The first-order valence-corrected chi connectivity index (χ1v) is 7.09. The molecular formula is C15H12Cl3NO. The van der Waals surface area contributed by atoms with E-state index in [1.807, 2.05) is 24.3 Å². The normalized spacial score (nSPS) is 12.8. The van der Waals surface area contributed by atoms with E-state index in [2.05, 4.69) is 5.32 Å². The van der Waals surface area contributed by atoms with Crippen LogP contribution in [0.3, 0.4) is 0 Å². The summed E-state index contributed by atoms with van der Waals surface area (Å²) in [7, 11) is 0. The lowest BCUT2D eigenvalue weighted by Crippen LogP contribution is -2.36. The fourth-order valence-electron chi connectivity index (χ4n) is 1.80. The van der Waals surface area contributed by atoms with Crippen molar-refractivity contribution in [3.8, 4) is 0 Å². The predicted molar refractivity (Wildman–Crippen MR) is 83.4 cm³/mol.